The van der Waals surface area contributed by atoms with Crippen LogP contribution in [-0.4, -0.2) is 29.3 Å². The molecule has 0 unspecified atom stereocenters. The summed E-state index contributed by atoms with van der Waals surface area (Å²) in [6.45, 7) is 1.68. The van der Waals surface area contributed by atoms with Gasteiger partial charge in [0.1, 0.15) is 5.69 Å². The van der Waals surface area contributed by atoms with Crippen LogP contribution >= 0.6 is 0 Å². The summed E-state index contributed by atoms with van der Waals surface area (Å²) in [6.07, 6.45) is 1.88. The molecule has 0 aromatic carbocycles. The second kappa shape index (κ2) is 3.75. The number of aldehydes is 1. The van der Waals surface area contributed by atoms with Crippen LogP contribution in [-0.2, 0) is 4.74 Å². The molecular weight excluding hydrogens is 172 g/mol. The number of ether oxygens (including phenoxy) is 1. The van der Waals surface area contributed by atoms with Crippen molar-refractivity contribution in [2.24, 2.45) is 0 Å². The fraction of sp³-hybridized carbons (Fsp3) is 0.250. The number of carbonyl (C=O) groups is 2. The standard InChI is InChI=1S/C8H8N2O3/c1-5-3-9-7(8(12)13-2)6(4-11)10-5/h3-4H,1-2H3. The zero-order chi connectivity index (χ0) is 9.84. The summed E-state index contributed by atoms with van der Waals surface area (Å²) in [6, 6.07) is 0. The van der Waals surface area contributed by atoms with Crippen molar-refractivity contribution in [2.75, 3.05) is 7.11 Å². The monoisotopic (exact) mass is 180 g/mol. The fourth-order valence-electron chi connectivity index (χ4n) is 0.832. The highest BCUT2D eigenvalue weighted by atomic mass is 16.5. The maximum atomic E-state index is 11.0. The number of nitrogens with zero attached hydrogens (tertiary/aromatic N) is 2. The predicted octanol–water partition coefficient (Wildman–Crippen LogP) is 0.384. The molecule has 0 atom stereocenters. The van der Waals surface area contributed by atoms with Gasteiger partial charge in [-0.15, -0.1) is 0 Å². The quantitative estimate of drug-likeness (QED) is 0.486. The number of hydrogen-bond acceptors (Lipinski definition) is 5. The molecule has 1 aromatic rings. The lowest BCUT2D eigenvalue weighted by molar-refractivity contribution is 0.0590. The number of hydrogen-bond donors (Lipinski definition) is 0. The van der Waals surface area contributed by atoms with Crippen molar-refractivity contribution in [1.29, 1.82) is 0 Å². The van der Waals surface area contributed by atoms with Crippen molar-refractivity contribution < 1.29 is 14.3 Å². The third-order valence-electron chi connectivity index (χ3n) is 1.41. The maximum Gasteiger partial charge on any atom is 0.359 e. The summed E-state index contributed by atoms with van der Waals surface area (Å²) in [7, 11) is 1.22. The highest BCUT2D eigenvalue weighted by Crippen LogP contribution is 2.02. The third-order valence-corrected chi connectivity index (χ3v) is 1.41. The smallest absolute Gasteiger partial charge is 0.359 e. The van der Waals surface area contributed by atoms with Crippen LogP contribution in [0.15, 0.2) is 6.20 Å². The molecule has 1 rings (SSSR count). The topological polar surface area (TPSA) is 69.2 Å². The lowest BCUT2D eigenvalue weighted by Crippen LogP contribution is -2.10. The van der Waals surface area contributed by atoms with E-state index in [1.165, 1.54) is 13.3 Å². The molecule has 0 aliphatic rings. The molecule has 68 valence electrons. The first-order valence-electron chi connectivity index (χ1n) is 3.56. The first kappa shape index (κ1) is 9.31. The van der Waals surface area contributed by atoms with Gasteiger partial charge in [0.2, 0.25) is 0 Å². The lowest BCUT2D eigenvalue weighted by Gasteiger charge is -2.00. The van der Waals surface area contributed by atoms with Gasteiger partial charge in [0.25, 0.3) is 0 Å². The Balaban J connectivity index is 3.20. The van der Waals surface area contributed by atoms with Crippen LogP contribution in [0.2, 0.25) is 0 Å². The van der Waals surface area contributed by atoms with E-state index in [0.29, 0.717) is 12.0 Å². The summed E-state index contributed by atoms with van der Waals surface area (Å²) >= 11 is 0. The summed E-state index contributed by atoms with van der Waals surface area (Å²) < 4.78 is 4.42. The van der Waals surface area contributed by atoms with E-state index >= 15 is 0 Å². The van der Waals surface area contributed by atoms with Crippen LogP contribution in [0.4, 0.5) is 0 Å². The van der Waals surface area contributed by atoms with Crippen molar-refractivity contribution in [3.8, 4) is 0 Å². The summed E-state index contributed by atoms with van der Waals surface area (Å²) in [4.78, 5) is 29.1. The van der Waals surface area contributed by atoms with Crippen molar-refractivity contribution in [2.45, 2.75) is 6.92 Å². The van der Waals surface area contributed by atoms with E-state index < -0.39 is 5.97 Å². The Morgan fingerprint density at radius 1 is 1.62 bits per heavy atom. The van der Waals surface area contributed by atoms with Crippen LogP contribution < -0.4 is 0 Å². The molecule has 0 N–H and O–H groups in total. The minimum absolute atomic E-state index is 0.00634. The number of aromatic nitrogens is 2. The predicted molar refractivity (Wildman–Crippen MR) is 43.5 cm³/mol. The van der Waals surface area contributed by atoms with Gasteiger partial charge in [0.15, 0.2) is 12.0 Å². The van der Waals surface area contributed by atoms with Crippen molar-refractivity contribution in [3.05, 3.63) is 23.3 Å². The number of rotatable bonds is 2. The highest BCUT2D eigenvalue weighted by Gasteiger charge is 2.14. The molecule has 0 radical (unpaired) electrons. The molecule has 1 aromatic heterocycles. The Morgan fingerprint density at radius 3 is 2.85 bits per heavy atom. The Hall–Kier alpha value is -1.78. The molecule has 0 fully saturated rings. The Kier molecular flexibility index (Phi) is 2.69. The van der Waals surface area contributed by atoms with E-state index in [1.54, 1.807) is 6.92 Å². The van der Waals surface area contributed by atoms with Crippen LogP contribution in [0, 0.1) is 6.92 Å². The zero-order valence-corrected chi connectivity index (χ0v) is 7.27. The number of methoxy groups -OCH3 is 1. The summed E-state index contributed by atoms with van der Waals surface area (Å²) in [5, 5.41) is 0. The lowest BCUT2D eigenvalue weighted by atomic mass is 10.3. The van der Waals surface area contributed by atoms with E-state index in [1.807, 2.05) is 0 Å². The highest BCUT2D eigenvalue weighted by molar-refractivity contribution is 5.94. The number of aryl methyl sites for hydroxylation is 1. The average molecular weight is 180 g/mol. The molecule has 5 heteroatoms. The molecule has 0 saturated heterocycles. The number of carbonyl (C=O) groups excluding carboxylic acids is 2. The van der Waals surface area contributed by atoms with E-state index in [-0.39, 0.29) is 11.4 Å². The normalized spacial score (nSPS) is 9.38. The van der Waals surface area contributed by atoms with E-state index in [4.69, 9.17) is 0 Å². The van der Waals surface area contributed by atoms with Crippen molar-refractivity contribution >= 4 is 12.3 Å². The van der Waals surface area contributed by atoms with E-state index in [0.717, 1.165) is 0 Å². The fourth-order valence-corrected chi connectivity index (χ4v) is 0.832. The average Bonchev–Trinajstić information content (AvgIpc) is 2.16. The molecule has 5 nitrogen and oxygen atoms in total. The minimum atomic E-state index is -0.658. The maximum absolute atomic E-state index is 11.0. The van der Waals surface area contributed by atoms with Crippen LogP contribution in [0.1, 0.15) is 26.7 Å². The Morgan fingerprint density at radius 2 is 2.31 bits per heavy atom. The van der Waals surface area contributed by atoms with Gasteiger partial charge in [-0.25, -0.2) is 14.8 Å². The summed E-state index contributed by atoms with van der Waals surface area (Å²) in [5.74, 6) is -0.658. The second-order valence-electron chi connectivity index (χ2n) is 2.35. The van der Waals surface area contributed by atoms with Gasteiger partial charge in [0, 0.05) is 6.20 Å². The Labute approximate surface area is 74.8 Å². The molecule has 0 aliphatic carbocycles. The number of esters is 1. The first-order valence-corrected chi connectivity index (χ1v) is 3.56. The largest absolute Gasteiger partial charge is 0.464 e. The molecule has 0 aliphatic heterocycles. The van der Waals surface area contributed by atoms with E-state index in [2.05, 4.69) is 14.7 Å². The van der Waals surface area contributed by atoms with Gasteiger partial charge in [-0.05, 0) is 6.92 Å². The molecular formula is C8H8N2O3. The van der Waals surface area contributed by atoms with Crippen molar-refractivity contribution in [1.82, 2.24) is 9.97 Å². The van der Waals surface area contributed by atoms with Gasteiger partial charge < -0.3 is 4.74 Å². The SMILES string of the molecule is COC(=O)c1ncc(C)nc1C=O. The third kappa shape index (κ3) is 1.87. The molecule has 1 heterocycles. The molecule has 0 saturated carbocycles. The molecule has 0 spiro atoms. The molecule has 0 bridgehead atoms. The van der Waals surface area contributed by atoms with E-state index in [9.17, 15) is 9.59 Å². The summed E-state index contributed by atoms with van der Waals surface area (Å²) in [5.41, 5.74) is 0.532. The minimum Gasteiger partial charge on any atom is -0.464 e. The molecule has 0 amide bonds. The zero-order valence-electron chi connectivity index (χ0n) is 7.27. The van der Waals surface area contributed by atoms with Crippen LogP contribution in [0.5, 0.6) is 0 Å². The first-order chi connectivity index (χ1) is 6.19. The van der Waals surface area contributed by atoms with Gasteiger partial charge in [0.05, 0.1) is 12.8 Å². The van der Waals surface area contributed by atoms with Gasteiger partial charge in [-0.1, -0.05) is 0 Å². The van der Waals surface area contributed by atoms with Gasteiger partial charge in [-0.2, -0.15) is 0 Å². The Bertz CT molecular complexity index is 349. The van der Waals surface area contributed by atoms with Crippen LogP contribution in [0.3, 0.4) is 0 Å². The van der Waals surface area contributed by atoms with Crippen LogP contribution in [0.25, 0.3) is 0 Å². The molecule has 13 heavy (non-hydrogen) atoms. The second-order valence-corrected chi connectivity index (χ2v) is 2.35. The van der Waals surface area contributed by atoms with Crippen molar-refractivity contribution in [3.63, 3.8) is 0 Å². The van der Waals surface area contributed by atoms with Gasteiger partial charge in [-0.3, -0.25) is 4.79 Å². The van der Waals surface area contributed by atoms with Gasteiger partial charge >= 0.3 is 5.97 Å².